The molecule has 0 aromatic heterocycles. The highest BCUT2D eigenvalue weighted by Crippen LogP contribution is 2.15. The zero-order valence-electron chi connectivity index (χ0n) is 16.4. The first kappa shape index (κ1) is 21.6. The maximum Gasteiger partial charge on any atom is 0.327 e. The van der Waals surface area contributed by atoms with Crippen LogP contribution in [0, 0.1) is 0 Å². The molecule has 6 nitrogen and oxygen atoms in total. The summed E-state index contributed by atoms with van der Waals surface area (Å²) in [6, 6.07) is 18.0. The highest BCUT2D eigenvalue weighted by molar-refractivity contribution is 5.78. The van der Waals surface area contributed by atoms with E-state index in [0.717, 1.165) is 24.0 Å². The Morgan fingerprint density at radius 2 is 1.07 bits per heavy atom. The van der Waals surface area contributed by atoms with Crippen LogP contribution >= 0.6 is 0 Å². The largest absolute Gasteiger partial charge is 0.468 e. The maximum absolute atomic E-state index is 12.0. The van der Waals surface area contributed by atoms with Crippen LogP contribution in [0.15, 0.2) is 60.7 Å². The van der Waals surface area contributed by atoms with Crippen molar-refractivity contribution in [1.29, 1.82) is 0 Å². The van der Waals surface area contributed by atoms with E-state index in [1.54, 1.807) is 0 Å². The van der Waals surface area contributed by atoms with E-state index in [-0.39, 0.29) is 11.9 Å². The van der Waals surface area contributed by atoms with Gasteiger partial charge in [-0.1, -0.05) is 60.7 Å². The van der Waals surface area contributed by atoms with Gasteiger partial charge in [-0.15, -0.1) is 0 Å². The Labute approximate surface area is 166 Å². The third kappa shape index (κ3) is 6.48. The smallest absolute Gasteiger partial charge is 0.327 e. The van der Waals surface area contributed by atoms with Gasteiger partial charge < -0.3 is 20.1 Å². The minimum Gasteiger partial charge on any atom is -0.468 e. The fourth-order valence-electron chi connectivity index (χ4n) is 2.94. The quantitative estimate of drug-likeness (QED) is 0.458. The van der Waals surface area contributed by atoms with Gasteiger partial charge in [0, 0.05) is 0 Å². The lowest BCUT2D eigenvalue weighted by Gasteiger charge is -2.18. The molecule has 6 heteroatoms. The second kappa shape index (κ2) is 11.9. The van der Waals surface area contributed by atoms with Crippen molar-refractivity contribution < 1.29 is 19.1 Å². The number of methoxy groups -OCH3 is 2. The summed E-state index contributed by atoms with van der Waals surface area (Å²) in [5.41, 5.74) is 1.75. The van der Waals surface area contributed by atoms with Crippen molar-refractivity contribution in [3.05, 3.63) is 71.8 Å². The fraction of sp³-hybridized carbons (Fsp3) is 0.364. The van der Waals surface area contributed by atoms with Gasteiger partial charge in [0.25, 0.3) is 0 Å². The molecule has 0 bridgehead atoms. The van der Waals surface area contributed by atoms with Crippen molar-refractivity contribution in [1.82, 2.24) is 10.6 Å². The van der Waals surface area contributed by atoms with Crippen LogP contribution in [-0.4, -0.2) is 39.2 Å². The van der Waals surface area contributed by atoms with Crippen LogP contribution in [0.5, 0.6) is 0 Å². The van der Waals surface area contributed by atoms with E-state index in [0.29, 0.717) is 13.1 Å². The van der Waals surface area contributed by atoms with Crippen molar-refractivity contribution in [3.8, 4) is 0 Å². The molecule has 2 atom stereocenters. The van der Waals surface area contributed by atoms with Gasteiger partial charge in [0.1, 0.15) is 12.1 Å². The molecule has 0 amide bonds. The van der Waals surface area contributed by atoms with E-state index in [9.17, 15) is 9.59 Å². The first-order valence-electron chi connectivity index (χ1n) is 9.39. The Bertz CT molecular complexity index is 658. The molecule has 0 spiro atoms. The minimum atomic E-state index is -0.480. The molecule has 0 heterocycles. The van der Waals surface area contributed by atoms with Crippen molar-refractivity contribution in [3.63, 3.8) is 0 Å². The minimum absolute atomic E-state index is 0.306. The van der Waals surface area contributed by atoms with Gasteiger partial charge in [-0.05, 0) is 37.1 Å². The highest BCUT2D eigenvalue weighted by Gasteiger charge is 2.21. The summed E-state index contributed by atoms with van der Waals surface area (Å²) in [6.07, 6.45) is 1.69. The number of rotatable bonds is 11. The summed E-state index contributed by atoms with van der Waals surface area (Å²) in [4.78, 5) is 24.1. The van der Waals surface area contributed by atoms with Gasteiger partial charge in [0.05, 0.1) is 14.2 Å². The van der Waals surface area contributed by atoms with E-state index in [1.807, 2.05) is 60.7 Å². The number of hydrogen-bond donors (Lipinski definition) is 2. The third-order valence-electron chi connectivity index (χ3n) is 4.44. The number of unbranched alkanes of at least 4 members (excludes halogenated alkanes) is 1. The average Bonchev–Trinajstić information content (AvgIpc) is 2.76. The first-order chi connectivity index (χ1) is 13.7. The molecule has 0 aliphatic heterocycles. The molecule has 0 radical (unpaired) electrons. The second-order valence-corrected chi connectivity index (χ2v) is 6.35. The van der Waals surface area contributed by atoms with Crippen molar-refractivity contribution in [2.75, 3.05) is 27.3 Å². The molecular formula is C22H28N2O4. The molecule has 0 saturated heterocycles. The number of benzene rings is 2. The summed E-state index contributed by atoms with van der Waals surface area (Å²) in [5, 5.41) is 6.49. The maximum atomic E-state index is 12.0. The molecule has 2 unspecified atom stereocenters. The van der Waals surface area contributed by atoms with Crippen LogP contribution in [0.2, 0.25) is 0 Å². The third-order valence-corrected chi connectivity index (χ3v) is 4.44. The van der Waals surface area contributed by atoms with E-state index in [2.05, 4.69) is 10.6 Å². The Morgan fingerprint density at radius 1 is 0.714 bits per heavy atom. The highest BCUT2D eigenvalue weighted by atomic mass is 16.5. The first-order valence-corrected chi connectivity index (χ1v) is 9.39. The zero-order valence-corrected chi connectivity index (χ0v) is 16.4. The molecule has 2 rings (SSSR count). The van der Waals surface area contributed by atoms with Gasteiger partial charge in [0.15, 0.2) is 0 Å². The molecular weight excluding hydrogens is 356 g/mol. The lowest BCUT2D eigenvalue weighted by atomic mass is 10.1. The lowest BCUT2D eigenvalue weighted by molar-refractivity contribution is -0.144. The monoisotopic (exact) mass is 384 g/mol. The topological polar surface area (TPSA) is 76.7 Å². The molecule has 150 valence electrons. The summed E-state index contributed by atoms with van der Waals surface area (Å²) in [7, 11) is 2.78. The summed E-state index contributed by atoms with van der Waals surface area (Å²) in [5.74, 6) is -0.613. The predicted octanol–water partition coefficient (Wildman–Crippen LogP) is 2.77. The Morgan fingerprint density at radius 3 is 1.39 bits per heavy atom. The number of ether oxygens (including phenoxy) is 2. The standard InChI is InChI=1S/C22H28N2O4/c1-27-21(25)19(17-11-5-3-6-12-17)23-15-9-10-16-24-20(22(26)28-2)18-13-7-4-8-14-18/h3-8,11-14,19-20,23-24H,9-10,15-16H2,1-2H3. The SMILES string of the molecule is COC(=O)C(NCCCCNC(C(=O)OC)c1ccccc1)c1ccccc1. The van der Waals surface area contributed by atoms with Crippen LogP contribution in [0.25, 0.3) is 0 Å². The number of hydrogen-bond acceptors (Lipinski definition) is 6. The van der Waals surface area contributed by atoms with Crippen LogP contribution in [0.3, 0.4) is 0 Å². The molecule has 0 saturated carbocycles. The lowest BCUT2D eigenvalue weighted by Crippen LogP contribution is -2.32. The summed E-state index contributed by atoms with van der Waals surface area (Å²) < 4.78 is 9.80. The molecule has 2 aromatic rings. The summed E-state index contributed by atoms with van der Waals surface area (Å²) in [6.45, 7) is 1.31. The van der Waals surface area contributed by atoms with Crippen LogP contribution in [0.4, 0.5) is 0 Å². The average molecular weight is 384 g/mol. The van der Waals surface area contributed by atoms with E-state index >= 15 is 0 Å². The molecule has 2 aromatic carbocycles. The normalized spacial score (nSPS) is 12.8. The van der Waals surface area contributed by atoms with Gasteiger partial charge >= 0.3 is 11.9 Å². The van der Waals surface area contributed by atoms with E-state index in [1.165, 1.54) is 14.2 Å². The predicted molar refractivity (Wildman–Crippen MR) is 108 cm³/mol. The van der Waals surface area contributed by atoms with Crippen molar-refractivity contribution >= 4 is 11.9 Å². The van der Waals surface area contributed by atoms with Gasteiger partial charge in [0.2, 0.25) is 0 Å². The van der Waals surface area contributed by atoms with E-state index < -0.39 is 12.1 Å². The van der Waals surface area contributed by atoms with Crippen molar-refractivity contribution in [2.45, 2.75) is 24.9 Å². The number of carbonyl (C=O) groups excluding carboxylic acids is 2. The van der Waals surface area contributed by atoms with E-state index in [4.69, 9.17) is 9.47 Å². The Hall–Kier alpha value is -2.70. The van der Waals surface area contributed by atoms with Gasteiger partial charge in [-0.2, -0.15) is 0 Å². The number of carbonyl (C=O) groups is 2. The molecule has 0 aliphatic carbocycles. The summed E-state index contributed by atoms with van der Waals surface area (Å²) >= 11 is 0. The Kier molecular flexibility index (Phi) is 9.18. The van der Waals surface area contributed by atoms with Crippen LogP contribution in [-0.2, 0) is 19.1 Å². The van der Waals surface area contributed by atoms with Crippen LogP contribution < -0.4 is 10.6 Å². The number of esters is 2. The van der Waals surface area contributed by atoms with Gasteiger partial charge in [-0.3, -0.25) is 0 Å². The number of nitrogens with one attached hydrogen (secondary N) is 2. The molecule has 28 heavy (non-hydrogen) atoms. The molecule has 0 fully saturated rings. The Balaban J connectivity index is 1.79. The zero-order chi connectivity index (χ0) is 20.2. The van der Waals surface area contributed by atoms with Crippen LogP contribution in [0.1, 0.15) is 36.1 Å². The van der Waals surface area contributed by atoms with Crippen molar-refractivity contribution in [2.24, 2.45) is 0 Å². The van der Waals surface area contributed by atoms with Gasteiger partial charge in [-0.25, -0.2) is 9.59 Å². The second-order valence-electron chi connectivity index (χ2n) is 6.35. The fourth-order valence-corrected chi connectivity index (χ4v) is 2.94. The molecule has 0 aliphatic rings. The molecule has 2 N–H and O–H groups in total.